The minimum absolute atomic E-state index is 1.16. The molecular weight excluding hydrogens is 163 g/mol. The van der Waals surface area contributed by atoms with Gasteiger partial charge in [0.25, 0.3) is 0 Å². The van der Waals surface area contributed by atoms with Gasteiger partial charge in [0.05, 0.1) is 0 Å². The van der Waals surface area contributed by atoms with Crippen molar-refractivity contribution in [3.63, 3.8) is 0 Å². The molecule has 0 aliphatic rings. The third kappa shape index (κ3) is 6.54. The van der Waals surface area contributed by atoms with Gasteiger partial charge >= 0.3 is 0 Å². The minimum atomic E-state index is 1.16. The van der Waals surface area contributed by atoms with Crippen molar-refractivity contribution in [1.82, 2.24) is 0 Å². The molecule has 0 nitrogen and oxygen atoms in total. The van der Waals surface area contributed by atoms with Crippen molar-refractivity contribution in [2.24, 2.45) is 0 Å². The summed E-state index contributed by atoms with van der Waals surface area (Å²) in [7, 11) is 2.23. The lowest BCUT2D eigenvalue weighted by Crippen LogP contribution is -1.81. The average molecular weight is 176 g/mol. The highest BCUT2D eigenvalue weighted by Crippen LogP contribution is 2.00. The van der Waals surface area contributed by atoms with Crippen LogP contribution < -0.4 is 0 Å². The van der Waals surface area contributed by atoms with Crippen molar-refractivity contribution in [3.05, 3.63) is 0 Å². The van der Waals surface area contributed by atoms with Crippen molar-refractivity contribution in [2.75, 3.05) is 5.33 Å². The van der Waals surface area contributed by atoms with Crippen LogP contribution >= 0.6 is 15.9 Å². The Morgan fingerprint density at radius 2 is 2.00 bits per heavy atom. The van der Waals surface area contributed by atoms with Gasteiger partial charge in [0.2, 0.25) is 0 Å². The summed E-state index contributed by atoms with van der Waals surface area (Å²) in [4.78, 5) is 0. The molecule has 0 N–H and O–H groups in total. The van der Waals surface area contributed by atoms with Crippen LogP contribution in [0.3, 0.4) is 0 Å². The summed E-state index contributed by atoms with van der Waals surface area (Å²) in [6.45, 7) is 2.12. The molecule has 0 heterocycles. The number of hydrogen-bond acceptors (Lipinski definition) is 0. The molecule has 1 radical (unpaired) electrons. The van der Waals surface area contributed by atoms with E-state index in [1.807, 2.05) is 0 Å². The van der Waals surface area contributed by atoms with Gasteiger partial charge in [0.1, 0.15) is 7.28 Å². The molecular formula is C6H13BBr. The number of alkyl halides is 1. The summed E-state index contributed by atoms with van der Waals surface area (Å²) in [6, 6.07) is 0. The molecule has 0 aliphatic heterocycles. The second-order valence-corrected chi connectivity index (χ2v) is 2.74. The summed E-state index contributed by atoms with van der Waals surface area (Å²) in [5, 5.41) is 1.16. The predicted octanol–water partition coefficient (Wildman–Crippen LogP) is 2.72. The second-order valence-electron chi connectivity index (χ2n) is 1.95. The third-order valence-electron chi connectivity index (χ3n) is 1.13. The van der Waals surface area contributed by atoms with E-state index in [1.54, 1.807) is 0 Å². The molecule has 0 amide bonds. The van der Waals surface area contributed by atoms with Crippen molar-refractivity contribution in [1.29, 1.82) is 0 Å². The first-order valence-corrected chi connectivity index (χ1v) is 4.37. The number of unbranched alkanes of at least 4 members (excludes halogenated alkanes) is 2. The highest BCUT2D eigenvalue weighted by Gasteiger charge is 1.85. The van der Waals surface area contributed by atoms with E-state index >= 15 is 0 Å². The molecule has 0 saturated heterocycles. The van der Waals surface area contributed by atoms with Crippen LogP contribution in [0.25, 0.3) is 0 Å². The molecule has 0 spiro atoms. The molecule has 0 atom stereocenters. The highest BCUT2D eigenvalue weighted by atomic mass is 79.9. The molecule has 0 rings (SSSR count). The standard InChI is InChI=1S/C6H13BBr/c1-7-5-3-2-4-6-8/h2-6H2,1H3. The van der Waals surface area contributed by atoms with Crippen LogP contribution in [0.2, 0.25) is 13.1 Å². The molecule has 0 bridgehead atoms. The summed E-state index contributed by atoms with van der Waals surface area (Å²) in [5.41, 5.74) is 0. The van der Waals surface area contributed by atoms with Crippen LogP contribution in [0.15, 0.2) is 0 Å². The summed E-state index contributed by atoms with van der Waals surface area (Å²) >= 11 is 3.39. The molecule has 47 valence electrons. The summed E-state index contributed by atoms with van der Waals surface area (Å²) in [6.07, 6.45) is 5.35. The van der Waals surface area contributed by atoms with E-state index in [4.69, 9.17) is 0 Å². The van der Waals surface area contributed by atoms with E-state index < -0.39 is 0 Å². The zero-order valence-electron chi connectivity index (χ0n) is 5.49. The topological polar surface area (TPSA) is 0 Å². The zero-order valence-corrected chi connectivity index (χ0v) is 7.08. The lowest BCUT2D eigenvalue weighted by atomic mass is 9.76. The Balaban J connectivity index is 2.53. The van der Waals surface area contributed by atoms with Gasteiger partial charge in [-0.1, -0.05) is 41.9 Å². The first kappa shape index (κ1) is 8.54. The summed E-state index contributed by atoms with van der Waals surface area (Å²) < 4.78 is 0. The van der Waals surface area contributed by atoms with E-state index in [-0.39, 0.29) is 0 Å². The van der Waals surface area contributed by atoms with Crippen molar-refractivity contribution in [3.8, 4) is 0 Å². The monoisotopic (exact) mass is 175 g/mol. The predicted molar refractivity (Wildman–Crippen MR) is 44.1 cm³/mol. The fourth-order valence-corrected chi connectivity index (χ4v) is 1.02. The lowest BCUT2D eigenvalue weighted by molar-refractivity contribution is 0.778. The molecule has 0 aromatic heterocycles. The maximum absolute atomic E-state index is 3.39. The Kier molecular flexibility index (Phi) is 8.06. The van der Waals surface area contributed by atoms with Crippen LogP contribution in [-0.4, -0.2) is 12.6 Å². The van der Waals surface area contributed by atoms with Gasteiger partial charge in [-0.15, -0.1) is 0 Å². The molecule has 0 unspecified atom stereocenters. The van der Waals surface area contributed by atoms with Crippen molar-refractivity contribution >= 4 is 23.2 Å². The van der Waals surface area contributed by atoms with Gasteiger partial charge < -0.3 is 0 Å². The normalized spacial score (nSPS) is 9.25. The molecule has 0 aromatic rings. The van der Waals surface area contributed by atoms with Gasteiger partial charge in [-0.05, 0) is 6.42 Å². The fraction of sp³-hybridized carbons (Fsp3) is 1.00. The third-order valence-corrected chi connectivity index (χ3v) is 1.69. The zero-order chi connectivity index (χ0) is 6.24. The van der Waals surface area contributed by atoms with Gasteiger partial charge in [-0.25, -0.2) is 0 Å². The fourth-order valence-electron chi connectivity index (χ4n) is 0.620. The SMILES string of the molecule is C[B]CCCCCBr. The minimum Gasteiger partial charge on any atom is -0.0928 e. The van der Waals surface area contributed by atoms with E-state index in [9.17, 15) is 0 Å². The molecule has 0 aliphatic carbocycles. The van der Waals surface area contributed by atoms with Crippen LogP contribution in [0.1, 0.15) is 19.3 Å². The molecule has 2 heteroatoms. The maximum Gasteiger partial charge on any atom is 0.105 e. The number of halogens is 1. The van der Waals surface area contributed by atoms with Crippen LogP contribution in [0, 0.1) is 0 Å². The smallest absolute Gasteiger partial charge is 0.0928 e. The molecule has 0 aromatic carbocycles. The maximum atomic E-state index is 3.39. The van der Waals surface area contributed by atoms with Crippen molar-refractivity contribution in [2.45, 2.75) is 32.4 Å². The highest BCUT2D eigenvalue weighted by molar-refractivity contribution is 9.09. The Bertz CT molecular complexity index is 33.5. The first-order chi connectivity index (χ1) is 3.91. The van der Waals surface area contributed by atoms with Gasteiger partial charge in [0.15, 0.2) is 0 Å². The Labute approximate surface area is 61.4 Å². The second kappa shape index (κ2) is 7.54. The number of hydrogen-bond donors (Lipinski definition) is 0. The number of rotatable bonds is 5. The van der Waals surface area contributed by atoms with Gasteiger partial charge in [-0.3, -0.25) is 0 Å². The lowest BCUT2D eigenvalue weighted by Gasteiger charge is -1.92. The quantitative estimate of drug-likeness (QED) is 0.343. The van der Waals surface area contributed by atoms with Gasteiger partial charge in [-0.2, -0.15) is 0 Å². The Hall–Kier alpha value is 0.545. The van der Waals surface area contributed by atoms with Crippen LogP contribution in [0.4, 0.5) is 0 Å². The van der Waals surface area contributed by atoms with E-state index in [2.05, 4.69) is 30.0 Å². The van der Waals surface area contributed by atoms with Crippen LogP contribution in [-0.2, 0) is 0 Å². The van der Waals surface area contributed by atoms with Crippen LogP contribution in [0.5, 0.6) is 0 Å². The first-order valence-electron chi connectivity index (χ1n) is 3.25. The average Bonchev–Trinajstić information content (AvgIpc) is 1.81. The summed E-state index contributed by atoms with van der Waals surface area (Å²) in [5.74, 6) is 0. The van der Waals surface area contributed by atoms with E-state index in [1.165, 1.54) is 25.6 Å². The molecule has 8 heavy (non-hydrogen) atoms. The molecule has 0 saturated carbocycles. The van der Waals surface area contributed by atoms with E-state index in [0.717, 1.165) is 5.33 Å². The largest absolute Gasteiger partial charge is 0.105 e. The Morgan fingerprint density at radius 3 is 2.50 bits per heavy atom. The van der Waals surface area contributed by atoms with Crippen molar-refractivity contribution < 1.29 is 0 Å². The Morgan fingerprint density at radius 1 is 1.25 bits per heavy atom. The molecule has 0 fully saturated rings. The van der Waals surface area contributed by atoms with E-state index in [0.29, 0.717) is 0 Å². The van der Waals surface area contributed by atoms with Gasteiger partial charge in [0, 0.05) is 5.33 Å².